The summed E-state index contributed by atoms with van der Waals surface area (Å²) in [7, 11) is 0. The van der Waals surface area contributed by atoms with E-state index in [1.54, 1.807) is 11.8 Å². The molecule has 0 radical (unpaired) electrons. The Morgan fingerprint density at radius 3 is 2.54 bits per heavy atom. The van der Waals surface area contributed by atoms with E-state index in [0.29, 0.717) is 26.1 Å². The van der Waals surface area contributed by atoms with Gasteiger partial charge in [0.15, 0.2) is 5.12 Å². The Balaban J connectivity index is 1.90. The molecule has 2 amide bonds. The van der Waals surface area contributed by atoms with Gasteiger partial charge in [0, 0.05) is 44.3 Å². The van der Waals surface area contributed by atoms with Gasteiger partial charge >= 0.3 is 6.09 Å². The van der Waals surface area contributed by atoms with E-state index in [0.717, 1.165) is 19.3 Å². The molecule has 2 aliphatic heterocycles. The van der Waals surface area contributed by atoms with Crippen LogP contribution in [0.3, 0.4) is 0 Å². The topological polar surface area (TPSA) is 66.9 Å². The van der Waals surface area contributed by atoms with Crippen molar-refractivity contribution in [3.63, 3.8) is 0 Å². The van der Waals surface area contributed by atoms with Crippen LogP contribution in [-0.4, -0.2) is 63.4 Å². The molecule has 0 aromatic rings. The van der Waals surface area contributed by atoms with Crippen LogP contribution in [0.15, 0.2) is 0 Å². The Morgan fingerprint density at radius 1 is 1.21 bits per heavy atom. The molecule has 0 aromatic carbocycles. The van der Waals surface area contributed by atoms with Crippen LogP contribution < -0.4 is 0 Å². The van der Waals surface area contributed by atoms with E-state index in [1.165, 1.54) is 11.8 Å². The third-order valence-corrected chi connectivity index (χ3v) is 5.23. The van der Waals surface area contributed by atoms with Gasteiger partial charge in [0.1, 0.15) is 5.60 Å². The molecule has 2 rings (SSSR count). The molecule has 0 bridgehead atoms. The number of hydrogen-bond donors (Lipinski definition) is 0. The van der Waals surface area contributed by atoms with Gasteiger partial charge in [-0.1, -0.05) is 11.8 Å². The van der Waals surface area contributed by atoms with Gasteiger partial charge in [-0.2, -0.15) is 0 Å². The molecule has 0 aromatic heterocycles. The predicted octanol–water partition coefficient (Wildman–Crippen LogP) is 2.66. The van der Waals surface area contributed by atoms with Crippen molar-refractivity contribution < 1.29 is 19.1 Å². The highest BCUT2D eigenvalue weighted by Crippen LogP contribution is 2.29. The summed E-state index contributed by atoms with van der Waals surface area (Å²) in [5.41, 5.74) is -0.495. The van der Waals surface area contributed by atoms with Crippen LogP contribution in [0.1, 0.15) is 53.4 Å². The van der Waals surface area contributed by atoms with E-state index < -0.39 is 5.60 Å². The molecule has 2 unspecified atom stereocenters. The highest BCUT2D eigenvalue weighted by atomic mass is 32.2. The maximum Gasteiger partial charge on any atom is 0.410 e. The molecule has 7 heteroatoms. The van der Waals surface area contributed by atoms with Crippen LogP contribution in [0.25, 0.3) is 0 Å². The predicted molar refractivity (Wildman–Crippen MR) is 93.8 cm³/mol. The van der Waals surface area contributed by atoms with E-state index >= 15 is 0 Å². The maximum absolute atomic E-state index is 12.3. The van der Waals surface area contributed by atoms with Crippen molar-refractivity contribution >= 4 is 28.9 Å². The standard InChI is InChI=1S/C17H28N2O4S/c1-12(20)24-14-10-15(21)19(11-14)13-6-5-8-18(9-7-13)16(22)23-17(2,3)4/h13-14H,5-11H2,1-4H3. The normalized spacial score (nSPS) is 25.6. The zero-order valence-electron chi connectivity index (χ0n) is 15.0. The van der Waals surface area contributed by atoms with Gasteiger partial charge < -0.3 is 14.5 Å². The summed E-state index contributed by atoms with van der Waals surface area (Å²) in [5, 5.41) is 0.131. The summed E-state index contributed by atoms with van der Waals surface area (Å²) in [6.45, 7) is 9.04. The number of rotatable bonds is 2. The number of nitrogens with zero attached hydrogens (tertiary/aromatic N) is 2. The highest BCUT2D eigenvalue weighted by Gasteiger charge is 2.36. The number of likely N-dealkylation sites (tertiary alicyclic amines) is 2. The third kappa shape index (κ3) is 5.40. The van der Waals surface area contributed by atoms with Gasteiger partial charge in [0.25, 0.3) is 0 Å². The first kappa shape index (κ1) is 19.1. The van der Waals surface area contributed by atoms with Crippen LogP contribution in [-0.2, 0) is 14.3 Å². The van der Waals surface area contributed by atoms with E-state index in [1.807, 2.05) is 25.7 Å². The van der Waals surface area contributed by atoms with Gasteiger partial charge in [-0.05, 0) is 40.0 Å². The van der Waals surface area contributed by atoms with Crippen molar-refractivity contribution in [2.24, 2.45) is 0 Å². The van der Waals surface area contributed by atoms with Crippen molar-refractivity contribution in [2.45, 2.75) is 70.3 Å². The van der Waals surface area contributed by atoms with Crippen LogP contribution >= 0.6 is 11.8 Å². The van der Waals surface area contributed by atoms with Gasteiger partial charge in [-0.3, -0.25) is 9.59 Å². The van der Waals surface area contributed by atoms with Crippen molar-refractivity contribution in [3.05, 3.63) is 0 Å². The first-order chi connectivity index (χ1) is 11.2. The number of ether oxygens (including phenoxy) is 1. The molecule has 0 aliphatic carbocycles. The lowest BCUT2D eigenvalue weighted by Crippen LogP contribution is -2.39. The van der Waals surface area contributed by atoms with Crippen LogP contribution in [0.5, 0.6) is 0 Å². The molecular formula is C17H28N2O4S. The Hall–Kier alpha value is -1.24. The number of carbonyl (C=O) groups excluding carboxylic acids is 3. The van der Waals surface area contributed by atoms with E-state index in [2.05, 4.69) is 0 Å². The second-order valence-electron chi connectivity index (χ2n) is 7.53. The quantitative estimate of drug-likeness (QED) is 0.761. The smallest absolute Gasteiger partial charge is 0.410 e. The van der Waals surface area contributed by atoms with E-state index in [4.69, 9.17) is 4.74 Å². The Labute approximate surface area is 148 Å². The highest BCUT2D eigenvalue weighted by molar-refractivity contribution is 8.14. The molecule has 24 heavy (non-hydrogen) atoms. The summed E-state index contributed by atoms with van der Waals surface area (Å²) in [6, 6.07) is 0.155. The molecule has 0 saturated carbocycles. The fraction of sp³-hybridized carbons (Fsp3) is 0.824. The average molecular weight is 356 g/mol. The van der Waals surface area contributed by atoms with E-state index in [-0.39, 0.29) is 28.4 Å². The largest absolute Gasteiger partial charge is 0.444 e. The summed E-state index contributed by atoms with van der Waals surface area (Å²) >= 11 is 1.26. The van der Waals surface area contributed by atoms with Gasteiger partial charge in [-0.25, -0.2) is 4.79 Å². The second-order valence-corrected chi connectivity index (χ2v) is 9.01. The fourth-order valence-corrected chi connectivity index (χ4v) is 4.19. The molecule has 0 N–H and O–H groups in total. The lowest BCUT2D eigenvalue weighted by atomic mass is 10.1. The van der Waals surface area contributed by atoms with Crippen molar-refractivity contribution in [1.29, 1.82) is 0 Å². The van der Waals surface area contributed by atoms with Crippen molar-refractivity contribution in [3.8, 4) is 0 Å². The number of hydrogen-bond acceptors (Lipinski definition) is 5. The molecule has 136 valence electrons. The molecule has 2 saturated heterocycles. The lowest BCUT2D eigenvalue weighted by molar-refractivity contribution is -0.129. The average Bonchev–Trinajstić information content (AvgIpc) is 2.66. The maximum atomic E-state index is 12.3. The van der Waals surface area contributed by atoms with E-state index in [9.17, 15) is 14.4 Å². The number of thioether (sulfide) groups is 1. The van der Waals surface area contributed by atoms with Crippen LogP contribution in [0.2, 0.25) is 0 Å². The minimum atomic E-state index is -0.495. The molecule has 2 aliphatic rings. The summed E-state index contributed by atoms with van der Waals surface area (Å²) in [5.74, 6) is 0.129. The number of amides is 2. The summed E-state index contributed by atoms with van der Waals surface area (Å²) in [4.78, 5) is 39.4. The minimum absolute atomic E-state index is 0.0617. The minimum Gasteiger partial charge on any atom is -0.444 e. The zero-order chi connectivity index (χ0) is 17.9. The van der Waals surface area contributed by atoms with Crippen LogP contribution in [0.4, 0.5) is 4.79 Å². The molecule has 2 heterocycles. The van der Waals surface area contributed by atoms with Gasteiger partial charge in [0.05, 0.1) is 0 Å². The molecule has 2 atom stereocenters. The lowest BCUT2D eigenvalue weighted by Gasteiger charge is -2.28. The summed E-state index contributed by atoms with van der Waals surface area (Å²) in [6.07, 6.45) is 2.68. The molecule has 6 nitrogen and oxygen atoms in total. The monoisotopic (exact) mass is 356 g/mol. The molecule has 2 fully saturated rings. The van der Waals surface area contributed by atoms with Crippen molar-refractivity contribution in [1.82, 2.24) is 9.80 Å². The Morgan fingerprint density at radius 2 is 1.92 bits per heavy atom. The van der Waals surface area contributed by atoms with Gasteiger partial charge in [-0.15, -0.1) is 0 Å². The second kappa shape index (κ2) is 7.76. The zero-order valence-corrected chi connectivity index (χ0v) is 15.9. The summed E-state index contributed by atoms with van der Waals surface area (Å²) < 4.78 is 5.44. The van der Waals surface area contributed by atoms with Crippen molar-refractivity contribution in [2.75, 3.05) is 19.6 Å². The third-order valence-electron chi connectivity index (χ3n) is 4.25. The van der Waals surface area contributed by atoms with Gasteiger partial charge in [0.2, 0.25) is 5.91 Å². The molecular weight excluding hydrogens is 328 g/mol. The fourth-order valence-electron chi connectivity index (χ4n) is 3.26. The first-order valence-electron chi connectivity index (χ1n) is 8.60. The SMILES string of the molecule is CC(=O)SC1CC(=O)N(C2CCCN(C(=O)OC(C)(C)C)CC2)C1. The Kier molecular flexibility index (Phi) is 6.17. The molecule has 0 spiro atoms. The van der Waals surface area contributed by atoms with Crippen LogP contribution in [0, 0.1) is 0 Å². The number of carbonyl (C=O) groups is 3. The Bertz CT molecular complexity index is 503. The first-order valence-corrected chi connectivity index (χ1v) is 9.48.